The highest BCUT2D eigenvalue weighted by atomic mass is 16.6. The summed E-state index contributed by atoms with van der Waals surface area (Å²) >= 11 is 0. The van der Waals surface area contributed by atoms with Gasteiger partial charge in [-0.2, -0.15) is 0 Å². The number of likely N-dealkylation sites (tertiary alicyclic amines) is 1. The molecule has 2 N–H and O–H groups in total. The number of carbonyl (C=O) groups excluding carboxylic acids is 1. The zero-order chi connectivity index (χ0) is 18.3. The fourth-order valence-electron chi connectivity index (χ4n) is 2.89. The van der Waals surface area contributed by atoms with Crippen LogP contribution in [-0.4, -0.2) is 55.7 Å². The van der Waals surface area contributed by atoms with E-state index in [9.17, 15) is 4.79 Å². The minimum absolute atomic E-state index is 0.0755. The Labute approximate surface area is 149 Å². The Kier molecular flexibility index (Phi) is 6.87. The van der Waals surface area contributed by atoms with Crippen LogP contribution in [-0.2, 0) is 9.53 Å². The second-order valence-corrected chi connectivity index (χ2v) is 7.17. The molecule has 7 heteroatoms. The van der Waals surface area contributed by atoms with Gasteiger partial charge in [0, 0.05) is 13.6 Å². The highest BCUT2D eigenvalue weighted by Crippen LogP contribution is 2.24. The Bertz CT molecular complexity index is 557. The normalized spacial score (nSPS) is 17.4. The zero-order valence-electron chi connectivity index (χ0n) is 15.7. The predicted octanol–water partition coefficient (Wildman–Crippen LogP) is 1.92. The van der Waals surface area contributed by atoms with Crippen LogP contribution in [0.2, 0.25) is 0 Å². The Balaban J connectivity index is 1.86. The minimum Gasteiger partial charge on any atom is -0.468 e. The largest absolute Gasteiger partial charge is 0.468 e. The maximum absolute atomic E-state index is 11.8. The van der Waals surface area contributed by atoms with Crippen LogP contribution in [0.1, 0.15) is 45.4 Å². The molecule has 0 radical (unpaired) electrons. The van der Waals surface area contributed by atoms with Gasteiger partial charge in [0.1, 0.15) is 17.9 Å². The topological polar surface area (TPSA) is 79.1 Å². The highest BCUT2D eigenvalue weighted by Gasteiger charge is 2.25. The molecule has 25 heavy (non-hydrogen) atoms. The number of hydrogen-bond acceptors (Lipinski definition) is 5. The number of ether oxygens (including phenoxy) is 1. The molecule has 2 rings (SSSR count). The third-order valence-electron chi connectivity index (χ3n) is 3.96. The van der Waals surface area contributed by atoms with Gasteiger partial charge in [-0.05, 0) is 58.8 Å². The average molecular weight is 350 g/mol. The highest BCUT2D eigenvalue weighted by molar-refractivity contribution is 5.84. The zero-order valence-corrected chi connectivity index (χ0v) is 15.7. The van der Waals surface area contributed by atoms with Gasteiger partial charge in [0.2, 0.25) is 0 Å². The van der Waals surface area contributed by atoms with Crippen molar-refractivity contribution in [1.29, 1.82) is 0 Å². The standard InChI is InChI=1S/C18H30N4O3/c1-18(2,3)25-16(23)13-21-17(19-4)20-12-14(15-8-7-11-24-15)22-9-5-6-10-22/h7-8,11,14H,5-6,9-10,12-13H2,1-4H3,(H2,19,20,21). The van der Waals surface area contributed by atoms with Gasteiger partial charge in [0.05, 0.1) is 12.3 Å². The van der Waals surface area contributed by atoms with Crippen LogP contribution in [0.5, 0.6) is 0 Å². The van der Waals surface area contributed by atoms with Crippen molar-refractivity contribution >= 4 is 11.9 Å². The summed E-state index contributed by atoms with van der Waals surface area (Å²) in [7, 11) is 1.68. The Morgan fingerprint density at radius 3 is 2.64 bits per heavy atom. The maximum atomic E-state index is 11.8. The number of carbonyl (C=O) groups is 1. The van der Waals surface area contributed by atoms with E-state index in [0.717, 1.165) is 18.8 Å². The number of hydrogen-bond donors (Lipinski definition) is 2. The van der Waals surface area contributed by atoms with Gasteiger partial charge >= 0.3 is 5.97 Å². The Hall–Kier alpha value is -2.02. The summed E-state index contributed by atoms with van der Waals surface area (Å²) in [5.41, 5.74) is -0.490. The lowest BCUT2D eigenvalue weighted by Crippen LogP contribution is -2.45. The monoisotopic (exact) mass is 350 g/mol. The van der Waals surface area contributed by atoms with Crippen LogP contribution in [0.25, 0.3) is 0 Å². The van der Waals surface area contributed by atoms with Crippen molar-refractivity contribution in [2.24, 2.45) is 4.99 Å². The molecule has 1 atom stereocenters. The molecule has 7 nitrogen and oxygen atoms in total. The van der Waals surface area contributed by atoms with Gasteiger partial charge in [-0.3, -0.25) is 14.7 Å². The van der Waals surface area contributed by atoms with Crippen molar-refractivity contribution in [1.82, 2.24) is 15.5 Å². The summed E-state index contributed by atoms with van der Waals surface area (Å²) in [4.78, 5) is 18.4. The van der Waals surface area contributed by atoms with Crippen molar-refractivity contribution in [2.45, 2.75) is 45.3 Å². The summed E-state index contributed by atoms with van der Waals surface area (Å²) in [6.07, 6.45) is 4.12. The summed E-state index contributed by atoms with van der Waals surface area (Å²) in [6.45, 7) is 8.41. The molecular weight excluding hydrogens is 320 g/mol. The number of rotatable bonds is 6. The van der Waals surface area contributed by atoms with Crippen molar-refractivity contribution in [2.75, 3.05) is 33.2 Å². The van der Waals surface area contributed by atoms with E-state index in [1.54, 1.807) is 13.3 Å². The average Bonchev–Trinajstić information content (AvgIpc) is 3.22. The molecule has 1 saturated heterocycles. The third-order valence-corrected chi connectivity index (χ3v) is 3.96. The van der Waals surface area contributed by atoms with Gasteiger partial charge in [0.25, 0.3) is 0 Å². The molecule has 0 spiro atoms. The first-order valence-corrected chi connectivity index (χ1v) is 8.83. The fraction of sp³-hybridized carbons (Fsp3) is 0.667. The number of nitrogens with zero attached hydrogens (tertiary/aromatic N) is 2. The van der Waals surface area contributed by atoms with E-state index in [4.69, 9.17) is 9.15 Å². The SMILES string of the molecule is CN=C(NCC(=O)OC(C)(C)C)NCC(c1ccco1)N1CCCC1. The molecule has 1 unspecified atom stereocenters. The van der Waals surface area contributed by atoms with Crippen molar-refractivity contribution < 1.29 is 13.9 Å². The van der Waals surface area contributed by atoms with Gasteiger partial charge in [-0.1, -0.05) is 0 Å². The van der Waals surface area contributed by atoms with Crippen molar-refractivity contribution in [3.8, 4) is 0 Å². The van der Waals surface area contributed by atoms with Crippen LogP contribution in [0, 0.1) is 0 Å². The number of aliphatic imine (C=N–C) groups is 1. The fourth-order valence-corrected chi connectivity index (χ4v) is 2.89. The molecule has 0 bridgehead atoms. The molecular formula is C18H30N4O3. The van der Waals surface area contributed by atoms with E-state index in [-0.39, 0.29) is 18.6 Å². The van der Waals surface area contributed by atoms with E-state index >= 15 is 0 Å². The first-order chi connectivity index (χ1) is 11.9. The second kappa shape index (κ2) is 8.89. The predicted molar refractivity (Wildman–Crippen MR) is 97.5 cm³/mol. The summed E-state index contributed by atoms with van der Waals surface area (Å²) in [6, 6.07) is 4.06. The van der Waals surface area contributed by atoms with Crippen LogP contribution in [0.4, 0.5) is 0 Å². The summed E-state index contributed by atoms with van der Waals surface area (Å²) in [5, 5.41) is 6.28. The van der Waals surface area contributed by atoms with E-state index in [1.807, 2.05) is 32.9 Å². The lowest BCUT2D eigenvalue weighted by molar-refractivity contribution is -0.153. The Morgan fingerprint density at radius 1 is 1.36 bits per heavy atom. The van der Waals surface area contributed by atoms with E-state index < -0.39 is 5.60 Å². The molecule has 1 aromatic rings. The van der Waals surface area contributed by atoms with Crippen LogP contribution < -0.4 is 10.6 Å². The van der Waals surface area contributed by atoms with E-state index in [1.165, 1.54) is 12.8 Å². The van der Waals surface area contributed by atoms with Gasteiger partial charge in [0.15, 0.2) is 5.96 Å². The number of guanidine groups is 1. The van der Waals surface area contributed by atoms with Gasteiger partial charge < -0.3 is 19.8 Å². The first kappa shape index (κ1) is 19.3. The first-order valence-electron chi connectivity index (χ1n) is 8.83. The summed E-state index contributed by atoms with van der Waals surface area (Å²) in [5.74, 6) is 1.20. The Morgan fingerprint density at radius 2 is 2.08 bits per heavy atom. The lowest BCUT2D eigenvalue weighted by Gasteiger charge is -2.26. The van der Waals surface area contributed by atoms with Crippen LogP contribution >= 0.6 is 0 Å². The molecule has 0 saturated carbocycles. The van der Waals surface area contributed by atoms with Gasteiger partial charge in [-0.15, -0.1) is 0 Å². The lowest BCUT2D eigenvalue weighted by atomic mass is 10.2. The number of nitrogens with one attached hydrogen (secondary N) is 2. The number of furan rings is 1. The maximum Gasteiger partial charge on any atom is 0.325 e. The minimum atomic E-state index is -0.490. The molecule has 140 valence electrons. The van der Waals surface area contributed by atoms with E-state index in [2.05, 4.69) is 20.5 Å². The molecule has 0 aromatic carbocycles. The van der Waals surface area contributed by atoms with Crippen LogP contribution in [0.15, 0.2) is 27.8 Å². The quantitative estimate of drug-likeness (QED) is 0.464. The molecule has 1 fully saturated rings. The molecule has 1 aromatic heterocycles. The second-order valence-electron chi connectivity index (χ2n) is 7.17. The van der Waals surface area contributed by atoms with Crippen molar-refractivity contribution in [3.63, 3.8) is 0 Å². The van der Waals surface area contributed by atoms with Crippen molar-refractivity contribution in [3.05, 3.63) is 24.2 Å². The molecule has 1 aliphatic heterocycles. The molecule has 0 amide bonds. The molecule has 0 aliphatic carbocycles. The summed E-state index contributed by atoms with van der Waals surface area (Å²) < 4.78 is 10.9. The third kappa shape index (κ3) is 6.42. The number of esters is 1. The smallest absolute Gasteiger partial charge is 0.325 e. The van der Waals surface area contributed by atoms with Crippen LogP contribution in [0.3, 0.4) is 0 Å². The van der Waals surface area contributed by atoms with E-state index in [0.29, 0.717) is 12.5 Å². The molecule has 1 aliphatic rings. The molecule has 2 heterocycles. The van der Waals surface area contributed by atoms with Gasteiger partial charge in [-0.25, -0.2) is 0 Å².